The number of nitrogens with zero attached hydrogens (tertiary/aromatic N) is 3. The fourth-order valence-electron chi connectivity index (χ4n) is 4.80. The Morgan fingerprint density at radius 1 is 1.38 bits per heavy atom. The third-order valence-corrected chi connectivity index (χ3v) is 6.97. The molecule has 2 aliphatic heterocycles. The summed E-state index contributed by atoms with van der Waals surface area (Å²) in [5, 5.41) is 3.33. The van der Waals surface area contributed by atoms with Crippen LogP contribution in [0.3, 0.4) is 0 Å². The molecule has 0 N–H and O–H groups in total. The standard InChI is InChI=1S/C18H27N3O2S/c1-14-12-24-16(19-14)11-20-6-5-18(13-20)4-2-3-15(18)17(22)21-7-9-23-10-8-21/h12,15H,2-11,13H2,1H3/t15-,18-/m1/s1. The second kappa shape index (κ2) is 6.73. The van der Waals surface area contributed by atoms with Crippen molar-refractivity contribution in [3.8, 4) is 0 Å². The van der Waals surface area contributed by atoms with Crippen molar-refractivity contribution in [2.24, 2.45) is 11.3 Å². The van der Waals surface area contributed by atoms with E-state index in [9.17, 15) is 4.79 Å². The van der Waals surface area contributed by atoms with Crippen LogP contribution in [0.5, 0.6) is 0 Å². The van der Waals surface area contributed by atoms with Crippen molar-refractivity contribution in [2.75, 3.05) is 39.4 Å². The molecule has 3 fully saturated rings. The Morgan fingerprint density at radius 2 is 2.21 bits per heavy atom. The summed E-state index contributed by atoms with van der Waals surface area (Å²) in [4.78, 5) is 22.2. The summed E-state index contributed by atoms with van der Waals surface area (Å²) in [6.07, 6.45) is 4.64. The average molecular weight is 350 g/mol. The van der Waals surface area contributed by atoms with Crippen molar-refractivity contribution in [3.63, 3.8) is 0 Å². The van der Waals surface area contributed by atoms with E-state index in [1.807, 2.05) is 4.90 Å². The number of aromatic nitrogens is 1. The number of morpholine rings is 1. The van der Waals surface area contributed by atoms with Gasteiger partial charge in [0, 0.05) is 36.6 Å². The lowest BCUT2D eigenvalue weighted by atomic mass is 9.76. The molecule has 1 saturated carbocycles. The van der Waals surface area contributed by atoms with E-state index >= 15 is 0 Å². The summed E-state index contributed by atoms with van der Waals surface area (Å²) >= 11 is 1.76. The molecule has 0 bridgehead atoms. The third-order valence-electron chi connectivity index (χ3n) is 6.02. The van der Waals surface area contributed by atoms with Crippen molar-refractivity contribution >= 4 is 17.2 Å². The number of carbonyl (C=O) groups excluding carboxylic acids is 1. The summed E-state index contributed by atoms with van der Waals surface area (Å²) in [5.41, 5.74) is 1.33. The normalized spacial score (nSPS) is 31.2. The Labute approximate surface area is 148 Å². The first kappa shape index (κ1) is 16.5. The van der Waals surface area contributed by atoms with Gasteiger partial charge in [0.1, 0.15) is 5.01 Å². The molecule has 0 unspecified atom stereocenters. The van der Waals surface area contributed by atoms with Crippen molar-refractivity contribution in [1.82, 2.24) is 14.8 Å². The van der Waals surface area contributed by atoms with Crippen LogP contribution in [0.25, 0.3) is 0 Å². The summed E-state index contributed by atoms with van der Waals surface area (Å²) in [5.74, 6) is 0.612. The average Bonchev–Trinajstić information content (AvgIpc) is 3.30. The molecule has 1 aliphatic carbocycles. The highest BCUT2D eigenvalue weighted by Crippen LogP contribution is 2.50. The fourth-order valence-corrected chi connectivity index (χ4v) is 5.62. The summed E-state index contributed by atoms with van der Waals surface area (Å²) in [6, 6.07) is 0. The van der Waals surface area contributed by atoms with Crippen molar-refractivity contribution < 1.29 is 9.53 Å². The summed E-state index contributed by atoms with van der Waals surface area (Å²) in [6.45, 7) is 8.10. The molecule has 1 amide bonds. The number of carbonyl (C=O) groups is 1. The Kier molecular flexibility index (Phi) is 4.62. The molecule has 0 radical (unpaired) electrons. The minimum absolute atomic E-state index is 0.210. The van der Waals surface area contributed by atoms with Gasteiger partial charge in [-0.2, -0.15) is 0 Å². The largest absolute Gasteiger partial charge is 0.378 e. The Hall–Kier alpha value is -0.980. The van der Waals surface area contributed by atoms with Gasteiger partial charge in [-0.25, -0.2) is 4.98 Å². The zero-order valence-corrected chi connectivity index (χ0v) is 15.3. The van der Waals surface area contributed by atoms with E-state index in [0.717, 1.165) is 51.3 Å². The molecular weight excluding hydrogens is 322 g/mol. The first-order chi connectivity index (χ1) is 11.7. The highest BCUT2D eigenvalue weighted by Gasteiger charge is 2.51. The second-order valence-electron chi connectivity index (χ2n) is 7.59. The smallest absolute Gasteiger partial charge is 0.226 e. The molecule has 3 heterocycles. The monoisotopic (exact) mass is 349 g/mol. The maximum absolute atomic E-state index is 13.1. The third kappa shape index (κ3) is 3.11. The maximum atomic E-state index is 13.1. The molecule has 1 aromatic rings. The number of rotatable bonds is 3. The van der Waals surface area contributed by atoms with Crippen molar-refractivity contribution in [2.45, 2.75) is 39.2 Å². The van der Waals surface area contributed by atoms with Crippen LogP contribution in [-0.4, -0.2) is 60.1 Å². The minimum Gasteiger partial charge on any atom is -0.378 e. The summed E-state index contributed by atoms with van der Waals surface area (Å²) < 4.78 is 5.41. The van der Waals surface area contributed by atoms with Gasteiger partial charge in [0.05, 0.1) is 19.8 Å². The van der Waals surface area contributed by atoms with Gasteiger partial charge >= 0.3 is 0 Å². The number of hydrogen-bond acceptors (Lipinski definition) is 5. The van der Waals surface area contributed by atoms with E-state index in [1.54, 1.807) is 11.3 Å². The molecule has 2 atom stereocenters. The van der Waals surface area contributed by atoms with Crippen LogP contribution in [0, 0.1) is 18.3 Å². The number of likely N-dealkylation sites (tertiary alicyclic amines) is 1. The quantitative estimate of drug-likeness (QED) is 0.840. The van der Waals surface area contributed by atoms with Gasteiger partial charge in [-0.05, 0) is 38.1 Å². The van der Waals surface area contributed by atoms with Crippen LogP contribution >= 0.6 is 11.3 Å². The predicted octanol–water partition coefficient (Wildman–Crippen LogP) is 2.30. The molecule has 1 aromatic heterocycles. The Morgan fingerprint density at radius 3 is 2.96 bits per heavy atom. The molecule has 5 nitrogen and oxygen atoms in total. The van der Waals surface area contributed by atoms with E-state index < -0.39 is 0 Å². The number of ether oxygens (including phenoxy) is 1. The number of aryl methyl sites for hydroxylation is 1. The second-order valence-corrected chi connectivity index (χ2v) is 8.53. The lowest BCUT2D eigenvalue weighted by Gasteiger charge is -2.36. The van der Waals surface area contributed by atoms with Gasteiger partial charge in [-0.1, -0.05) is 6.42 Å². The lowest BCUT2D eigenvalue weighted by Crippen LogP contribution is -2.47. The van der Waals surface area contributed by atoms with E-state index in [0.29, 0.717) is 19.1 Å². The van der Waals surface area contributed by atoms with E-state index in [2.05, 4.69) is 22.2 Å². The van der Waals surface area contributed by atoms with Crippen molar-refractivity contribution in [3.05, 3.63) is 16.1 Å². The molecule has 4 rings (SSSR count). The van der Waals surface area contributed by atoms with E-state index in [-0.39, 0.29) is 11.3 Å². The van der Waals surface area contributed by atoms with E-state index in [4.69, 9.17) is 4.74 Å². The molecule has 3 aliphatic rings. The lowest BCUT2D eigenvalue weighted by molar-refractivity contribution is -0.143. The van der Waals surface area contributed by atoms with Crippen LogP contribution in [0.4, 0.5) is 0 Å². The highest BCUT2D eigenvalue weighted by molar-refractivity contribution is 7.09. The fraction of sp³-hybridized carbons (Fsp3) is 0.778. The molecule has 0 aromatic carbocycles. The first-order valence-electron chi connectivity index (χ1n) is 9.16. The van der Waals surface area contributed by atoms with Gasteiger partial charge in [0.2, 0.25) is 5.91 Å². The molecule has 132 valence electrons. The first-order valence-corrected chi connectivity index (χ1v) is 10.0. The number of thiazole rings is 1. The minimum atomic E-state index is 0.210. The molecule has 2 saturated heterocycles. The maximum Gasteiger partial charge on any atom is 0.226 e. The van der Waals surface area contributed by atoms with Crippen LogP contribution in [0.15, 0.2) is 5.38 Å². The molecule has 24 heavy (non-hydrogen) atoms. The van der Waals surface area contributed by atoms with Crippen LogP contribution in [0.1, 0.15) is 36.4 Å². The topological polar surface area (TPSA) is 45.7 Å². The SMILES string of the molecule is Cc1csc(CN2CC[C@]3(CCC[C@@H]3C(=O)N3CCOCC3)C2)n1. The van der Waals surface area contributed by atoms with Gasteiger partial charge in [-0.3, -0.25) is 9.69 Å². The molecule has 1 spiro atoms. The number of amides is 1. The number of hydrogen-bond donors (Lipinski definition) is 0. The zero-order chi connectivity index (χ0) is 16.6. The van der Waals surface area contributed by atoms with Crippen LogP contribution in [-0.2, 0) is 16.1 Å². The van der Waals surface area contributed by atoms with Gasteiger partial charge < -0.3 is 9.64 Å². The van der Waals surface area contributed by atoms with Gasteiger partial charge in [0.25, 0.3) is 0 Å². The molecular formula is C18H27N3O2S. The zero-order valence-electron chi connectivity index (χ0n) is 14.5. The predicted molar refractivity (Wildman–Crippen MR) is 93.9 cm³/mol. The van der Waals surface area contributed by atoms with Crippen LogP contribution in [0.2, 0.25) is 0 Å². The van der Waals surface area contributed by atoms with Crippen LogP contribution < -0.4 is 0 Å². The van der Waals surface area contributed by atoms with E-state index in [1.165, 1.54) is 17.8 Å². The van der Waals surface area contributed by atoms with Gasteiger partial charge in [-0.15, -0.1) is 11.3 Å². The Balaban J connectivity index is 1.43. The highest BCUT2D eigenvalue weighted by atomic mass is 32.1. The molecule has 6 heteroatoms. The van der Waals surface area contributed by atoms with Gasteiger partial charge in [0.15, 0.2) is 0 Å². The Bertz CT molecular complexity index is 599. The summed E-state index contributed by atoms with van der Waals surface area (Å²) in [7, 11) is 0. The van der Waals surface area contributed by atoms with Crippen molar-refractivity contribution in [1.29, 1.82) is 0 Å².